The van der Waals surface area contributed by atoms with Crippen molar-refractivity contribution in [3.63, 3.8) is 0 Å². The number of amides is 1. The summed E-state index contributed by atoms with van der Waals surface area (Å²) in [5.41, 5.74) is 3.21. The lowest BCUT2D eigenvalue weighted by Crippen LogP contribution is -2.50. The third-order valence-electron chi connectivity index (χ3n) is 7.06. The molecule has 2 aliphatic heterocycles. The number of hydrogen-bond donors (Lipinski definition) is 3. The molecule has 36 heavy (non-hydrogen) atoms. The number of H-pyrrole nitrogens is 1. The highest BCUT2D eigenvalue weighted by atomic mass is 16.5. The molecule has 0 aliphatic carbocycles. The standard InChI is InChI=1S/C26H31N7O3/c1-28-21-14-23(31-25-24(21)18(15-27)16-29-25)30-20-4-3-17(13-22(20)35-2)26(34)33-7-5-19(6-8-33)32-9-11-36-12-10-32/h3-4,13-14,16,19H,5-12H2,1-2H3,(H3,28,29,30,31). The third-order valence-corrected chi connectivity index (χ3v) is 7.06. The van der Waals surface area contributed by atoms with E-state index in [0.29, 0.717) is 40.1 Å². The fraction of sp³-hybridized carbons (Fsp3) is 0.423. The molecule has 3 aromatic rings. The lowest BCUT2D eigenvalue weighted by molar-refractivity contribution is 0.00159. The second-order valence-electron chi connectivity index (χ2n) is 9.05. The van der Waals surface area contributed by atoms with Crippen molar-refractivity contribution in [1.82, 2.24) is 19.8 Å². The molecule has 1 amide bonds. The maximum absolute atomic E-state index is 13.2. The highest BCUT2D eigenvalue weighted by Crippen LogP contribution is 2.33. The summed E-state index contributed by atoms with van der Waals surface area (Å²) >= 11 is 0. The van der Waals surface area contributed by atoms with Crippen LogP contribution in [0.15, 0.2) is 30.5 Å². The zero-order valence-electron chi connectivity index (χ0n) is 20.6. The first-order valence-corrected chi connectivity index (χ1v) is 12.3. The Morgan fingerprint density at radius 1 is 1.19 bits per heavy atom. The minimum atomic E-state index is 0.0210. The van der Waals surface area contributed by atoms with Gasteiger partial charge in [-0.3, -0.25) is 9.69 Å². The van der Waals surface area contributed by atoms with Gasteiger partial charge in [-0.05, 0) is 31.0 Å². The largest absolute Gasteiger partial charge is 0.495 e. The van der Waals surface area contributed by atoms with E-state index in [0.717, 1.165) is 63.3 Å². The number of hydrogen-bond acceptors (Lipinski definition) is 8. The van der Waals surface area contributed by atoms with Crippen LogP contribution in [-0.4, -0.2) is 85.3 Å². The molecule has 0 bridgehead atoms. The first kappa shape index (κ1) is 23.9. The van der Waals surface area contributed by atoms with Crippen LogP contribution in [0, 0.1) is 11.3 Å². The number of fused-ring (bicyclic) bond motifs is 1. The molecule has 2 aromatic heterocycles. The number of nitriles is 1. The Balaban J connectivity index is 1.30. The van der Waals surface area contributed by atoms with Crippen LogP contribution >= 0.6 is 0 Å². The van der Waals surface area contributed by atoms with Gasteiger partial charge in [0.15, 0.2) is 0 Å². The number of carbonyl (C=O) groups excluding carboxylic acids is 1. The van der Waals surface area contributed by atoms with Gasteiger partial charge >= 0.3 is 0 Å². The Bertz CT molecular complexity index is 1280. The van der Waals surface area contributed by atoms with Crippen molar-refractivity contribution >= 4 is 34.1 Å². The topological polar surface area (TPSA) is 119 Å². The highest BCUT2D eigenvalue weighted by molar-refractivity contribution is 5.97. The molecule has 188 valence electrons. The van der Waals surface area contributed by atoms with E-state index >= 15 is 0 Å². The number of ether oxygens (including phenoxy) is 2. The summed E-state index contributed by atoms with van der Waals surface area (Å²) in [5.74, 6) is 1.16. The first-order chi connectivity index (χ1) is 17.6. The second kappa shape index (κ2) is 10.4. The number of nitrogens with one attached hydrogen (secondary N) is 3. The molecule has 10 nitrogen and oxygen atoms in total. The van der Waals surface area contributed by atoms with Crippen molar-refractivity contribution in [3.8, 4) is 11.8 Å². The Kier molecular flexibility index (Phi) is 6.93. The van der Waals surface area contributed by atoms with Crippen molar-refractivity contribution in [2.75, 3.05) is 64.2 Å². The van der Waals surface area contributed by atoms with Gasteiger partial charge in [0, 0.05) is 62.8 Å². The van der Waals surface area contributed by atoms with E-state index in [-0.39, 0.29) is 5.91 Å². The molecular formula is C26H31N7O3. The average Bonchev–Trinajstić information content (AvgIpc) is 3.36. The predicted octanol–water partition coefficient (Wildman–Crippen LogP) is 3.17. The monoisotopic (exact) mass is 489 g/mol. The zero-order valence-corrected chi connectivity index (χ0v) is 20.6. The van der Waals surface area contributed by atoms with E-state index < -0.39 is 0 Å². The number of benzene rings is 1. The number of piperidine rings is 1. The number of rotatable bonds is 6. The Hall–Kier alpha value is -3.81. The lowest BCUT2D eigenvalue weighted by Gasteiger charge is -2.40. The number of pyridine rings is 1. The van der Waals surface area contributed by atoms with Crippen molar-refractivity contribution in [3.05, 3.63) is 41.6 Å². The van der Waals surface area contributed by atoms with Crippen molar-refractivity contribution in [2.45, 2.75) is 18.9 Å². The smallest absolute Gasteiger partial charge is 0.253 e. The van der Waals surface area contributed by atoms with Crippen LogP contribution < -0.4 is 15.4 Å². The lowest BCUT2D eigenvalue weighted by atomic mass is 10.0. The minimum Gasteiger partial charge on any atom is -0.495 e. The molecule has 5 rings (SSSR count). The summed E-state index contributed by atoms with van der Waals surface area (Å²) in [6.45, 7) is 5.05. The summed E-state index contributed by atoms with van der Waals surface area (Å²) in [4.78, 5) is 25.3. The SMILES string of the molecule is CNc1cc(Nc2ccc(C(=O)N3CCC(N4CCOCC4)CC3)cc2OC)nc2[nH]cc(C#N)c12. The van der Waals surface area contributed by atoms with Gasteiger partial charge in [0.25, 0.3) is 5.91 Å². The molecule has 3 N–H and O–H groups in total. The number of morpholine rings is 1. The van der Waals surface area contributed by atoms with Crippen LogP contribution in [0.3, 0.4) is 0 Å². The van der Waals surface area contributed by atoms with Crippen LogP contribution in [0.1, 0.15) is 28.8 Å². The molecule has 2 aliphatic rings. The van der Waals surface area contributed by atoms with E-state index in [1.165, 1.54) is 0 Å². The summed E-state index contributed by atoms with van der Waals surface area (Å²) in [6.07, 6.45) is 3.61. The maximum Gasteiger partial charge on any atom is 0.253 e. The fourth-order valence-electron chi connectivity index (χ4n) is 5.11. The fourth-order valence-corrected chi connectivity index (χ4v) is 5.11. The van der Waals surface area contributed by atoms with Crippen LogP contribution in [0.2, 0.25) is 0 Å². The Labute approximate surface area is 210 Å². The van der Waals surface area contributed by atoms with E-state index in [1.807, 2.05) is 23.1 Å². The number of nitrogens with zero attached hydrogens (tertiary/aromatic N) is 4. The Morgan fingerprint density at radius 2 is 1.97 bits per heavy atom. The summed E-state index contributed by atoms with van der Waals surface area (Å²) in [5, 5.41) is 16.5. The van der Waals surface area contributed by atoms with Gasteiger partial charge in [-0.25, -0.2) is 4.98 Å². The third kappa shape index (κ3) is 4.67. The first-order valence-electron chi connectivity index (χ1n) is 12.3. The van der Waals surface area contributed by atoms with Gasteiger partial charge < -0.3 is 30.0 Å². The van der Waals surface area contributed by atoms with Gasteiger partial charge in [-0.2, -0.15) is 5.26 Å². The molecule has 0 atom stereocenters. The van der Waals surface area contributed by atoms with Gasteiger partial charge in [-0.1, -0.05) is 0 Å². The molecule has 4 heterocycles. The van der Waals surface area contributed by atoms with Crippen LogP contribution in [0.5, 0.6) is 5.75 Å². The summed E-state index contributed by atoms with van der Waals surface area (Å²) < 4.78 is 11.1. The number of carbonyl (C=O) groups is 1. The Morgan fingerprint density at radius 3 is 2.67 bits per heavy atom. The molecule has 0 saturated carbocycles. The molecule has 0 spiro atoms. The number of likely N-dealkylation sites (tertiary alicyclic amines) is 1. The van der Waals surface area contributed by atoms with Crippen LogP contribution in [0.4, 0.5) is 17.2 Å². The minimum absolute atomic E-state index is 0.0210. The quantitative estimate of drug-likeness (QED) is 0.483. The van der Waals surface area contributed by atoms with Crippen molar-refractivity contribution in [2.24, 2.45) is 0 Å². The summed E-state index contributed by atoms with van der Waals surface area (Å²) in [7, 11) is 3.39. The number of methoxy groups -OCH3 is 1. The molecule has 2 fully saturated rings. The number of aromatic amines is 1. The normalized spacial score (nSPS) is 17.1. The van der Waals surface area contributed by atoms with Gasteiger partial charge in [-0.15, -0.1) is 0 Å². The molecule has 0 unspecified atom stereocenters. The van der Waals surface area contributed by atoms with Gasteiger partial charge in [0.1, 0.15) is 23.3 Å². The van der Waals surface area contributed by atoms with E-state index in [2.05, 4.69) is 31.6 Å². The average molecular weight is 490 g/mol. The van der Waals surface area contributed by atoms with Crippen molar-refractivity contribution in [1.29, 1.82) is 5.26 Å². The molecule has 10 heteroatoms. The maximum atomic E-state index is 13.2. The van der Waals surface area contributed by atoms with Crippen molar-refractivity contribution < 1.29 is 14.3 Å². The zero-order chi connectivity index (χ0) is 25.1. The predicted molar refractivity (Wildman–Crippen MR) is 138 cm³/mol. The van der Waals surface area contributed by atoms with Gasteiger partial charge in [0.05, 0.1) is 37.0 Å². The number of aromatic nitrogens is 2. The summed E-state index contributed by atoms with van der Waals surface area (Å²) in [6, 6.07) is 9.98. The van der Waals surface area contributed by atoms with E-state index in [1.54, 1.807) is 26.4 Å². The van der Waals surface area contributed by atoms with E-state index in [9.17, 15) is 10.1 Å². The second-order valence-corrected chi connectivity index (χ2v) is 9.05. The molecule has 2 saturated heterocycles. The van der Waals surface area contributed by atoms with E-state index in [4.69, 9.17) is 9.47 Å². The molecular weight excluding hydrogens is 458 g/mol. The number of anilines is 3. The molecule has 0 radical (unpaired) electrons. The van der Waals surface area contributed by atoms with Gasteiger partial charge in [0.2, 0.25) is 0 Å². The highest BCUT2D eigenvalue weighted by Gasteiger charge is 2.28. The van der Waals surface area contributed by atoms with Crippen LogP contribution in [-0.2, 0) is 4.74 Å². The van der Waals surface area contributed by atoms with Crippen LogP contribution in [0.25, 0.3) is 11.0 Å². The molecule has 1 aromatic carbocycles.